The topological polar surface area (TPSA) is 82.8 Å². The minimum Gasteiger partial charge on any atom is -0.457 e. The summed E-state index contributed by atoms with van der Waals surface area (Å²) in [6.07, 6.45) is 2.54. The van der Waals surface area contributed by atoms with Crippen molar-refractivity contribution in [3.63, 3.8) is 0 Å². The fraction of sp³-hybridized carbons (Fsp3) is 0.304. The number of amides is 1. The highest BCUT2D eigenvalue weighted by Crippen LogP contribution is 2.23. The maximum atomic E-state index is 12.4. The molecule has 30 heavy (non-hydrogen) atoms. The standard InChI is InChI=1S/C23H24N2O5/c26-23(21-10-12-29-25-21)24-22(14-18-9-11-27-15-18)28-16-17-5-4-8-20(13-17)30-19-6-2-1-3-7-19/h1-8,10,12-13,18,22H,9,11,14-16H2,(H,24,26). The summed E-state index contributed by atoms with van der Waals surface area (Å²) in [4.78, 5) is 12.4. The molecular formula is C23H24N2O5. The zero-order chi connectivity index (χ0) is 20.6. The molecule has 1 N–H and O–H groups in total. The average molecular weight is 408 g/mol. The predicted molar refractivity (Wildman–Crippen MR) is 109 cm³/mol. The number of aromatic nitrogens is 1. The molecule has 1 aliphatic rings. The summed E-state index contributed by atoms with van der Waals surface area (Å²) in [5.41, 5.74) is 1.18. The van der Waals surface area contributed by atoms with E-state index in [1.807, 2.05) is 54.6 Å². The molecular weight excluding hydrogens is 384 g/mol. The third-order valence-electron chi connectivity index (χ3n) is 4.86. The lowest BCUT2D eigenvalue weighted by Gasteiger charge is -2.21. The van der Waals surface area contributed by atoms with Crippen molar-refractivity contribution in [2.75, 3.05) is 13.2 Å². The van der Waals surface area contributed by atoms with E-state index < -0.39 is 6.23 Å². The fourth-order valence-corrected chi connectivity index (χ4v) is 3.31. The van der Waals surface area contributed by atoms with Crippen molar-refractivity contribution in [1.82, 2.24) is 10.5 Å². The Morgan fingerprint density at radius 2 is 2.00 bits per heavy atom. The fourth-order valence-electron chi connectivity index (χ4n) is 3.31. The van der Waals surface area contributed by atoms with Gasteiger partial charge in [-0.15, -0.1) is 0 Å². The second-order valence-electron chi connectivity index (χ2n) is 7.19. The Bertz CT molecular complexity index is 924. The summed E-state index contributed by atoms with van der Waals surface area (Å²) < 4.78 is 22.2. The Labute approximate surface area is 174 Å². The third-order valence-corrected chi connectivity index (χ3v) is 4.86. The second-order valence-corrected chi connectivity index (χ2v) is 7.19. The van der Waals surface area contributed by atoms with Crippen LogP contribution in [0.5, 0.6) is 11.5 Å². The minimum atomic E-state index is -0.459. The number of hydrogen-bond acceptors (Lipinski definition) is 6. The van der Waals surface area contributed by atoms with Crippen molar-refractivity contribution in [2.45, 2.75) is 25.7 Å². The van der Waals surface area contributed by atoms with Gasteiger partial charge < -0.3 is 24.1 Å². The van der Waals surface area contributed by atoms with Crippen LogP contribution in [0.1, 0.15) is 28.9 Å². The van der Waals surface area contributed by atoms with Gasteiger partial charge in [-0.1, -0.05) is 35.5 Å². The number of hydrogen-bond donors (Lipinski definition) is 1. The summed E-state index contributed by atoms with van der Waals surface area (Å²) in [7, 11) is 0. The van der Waals surface area contributed by atoms with Gasteiger partial charge in [-0.2, -0.15) is 0 Å². The summed E-state index contributed by atoms with van der Waals surface area (Å²) >= 11 is 0. The van der Waals surface area contributed by atoms with Crippen molar-refractivity contribution in [2.24, 2.45) is 5.92 Å². The van der Waals surface area contributed by atoms with Gasteiger partial charge in [-0.3, -0.25) is 4.79 Å². The molecule has 0 bridgehead atoms. The van der Waals surface area contributed by atoms with Crippen LogP contribution in [0.15, 0.2) is 71.4 Å². The van der Waals surface area contributed by atoms with Gasteiger partial charge in [0.2, 0.25) is 0 Å². The first-order valence-electron chi connectivity index (χ1n) is 9.99. The zero-order valence-corrected chi connectivity index (χ0v) is 16.5. The van der Waals surface area contributed by atoms with E-state index in [1.54, 1.807) is 0 Å². The molecule has 0 aliphatic carbocycles. The number of rotatable bonds is 9. The van der Waals surface area contributed by atoms with Gasteiger partial charge >= 0.3 is 0 Å². The first kappa shape index (κ1) is 20.1. The number of nitrogens with zero attached hydrogens (tertiary/aromatic N) is 1. The lowest BCUT2D eigenvalue weighted by Crippen LogP contribution is -2.38. The first-order valence-corrected chi connectivity index (χ1v) is 9.99. The van der Waals surface area contributed by atoms with Gasteiger partial charge in [-0.05, 0) is 48.6 Å². The van der Waals surface area contributed by atoms with Crippen LogP contribution in [0.25, 0.3) is 0 Å². The SMILES string of the molecule is O=C(NC(CC1CCOC1)OCc1cccc(Oc2ccccc2)c1)c1ccon1. The molecule has 1 amide bonds. The van der Waals surface area contributed by atoms with Crippen LogP contribution in [0.3, 0.4) is 0 Å². The summed E-state index contributed by atoms with van der Waals surface area (Å²) in [6.45, 7) is 1.76. The molecule has 2 atom stereocenters. The number of ether oxygens (including phenoxy) is 3. The lowest BCUT2D eigenvalue weighted by atomic mass is 10.0. The highest BCUT2D eigenvalue weighted by molar-refractivity contribution is 5.92. The molecule has 0 spiro atoms. The maximum Gasteiger partial charge on any atom is 0.275 e. The van der Waals surface area contributed by atoms with Gasteiger partial charge in [0, 0.05) is 19.3 Å². The highest BCUT2D eigenvalue weighted by Gasteiger charge is 2.24. The highest BCUT2D eigenvalue weighted by atomic mass is 16.5. The number of carbonyl (C=O) groups is 1. The summed E-state index contributed by atoms with van der Waals surface area (Å²) in [5, 5.41) is 6.59. The molecule has 1 fully saturated rings. The Kier molecular flexibility index (Phi) is 6.74. The average Bonchev–Trinajstić information content (AvgIpc) is 3.47. The van der Waals surface area contributed by atoms with Crippen molar-refractivity contribution < 1.29 is 23.5 Å². The van der Waals surface area contributed by atoms with Gasteiger partial charge in [0.1, 0.15) is 24.0 Å². The molecule has 1 aromatic heterocycles. The zero-order valence-electron chi connectivity index (χ0n) is 16.5. The van der Waals surface area contributed by atoms with Crippen molar-refractivity contribution in [1.29, 1.82) is 0 Å². The molecule has 156 valence electrons. The van der Waals surface area contributed by atoms with E-state index in [0.717, 1.165) is 30.1 Å². The third kappa shape index (κ3) is 5.68. The largest absolute Gasteiger partial charge is 0.457 e. The van der Waals surface area contributed by atoms with E-state index in [9.17, 15) is 4.79 Å². The number of carbonyl (C=O) groups excluding carboxylic acids is 1. The van der Waals surface area contributed by atoms with Gasteiger partial charge in [-0.25, -0.2) is 0 Å². The summed E-state index contributed by atoms with van der Waals surface area (Å²) in [6, 6.07) is 18.9. The Morgan fingerprint density at radius 3 is 2.77 bits per heavy atom. The van der Waals surface area contributed by atoms with Crippen LogP contribution in [0.4, 0.5) is 0 Å². The molecule has 7 heteroatoms. The molecule has 3 aromatic rings. The predicted octanol–water partition coefficient (Wildman–Crippen LogP) is 4.17. The quantitative estimate of drug-likeness (QED) is 0.535. The second kappa shape index (κ2) is 10.0. The van der Waals surface area contributed by atoms with Gasteiger partial charge in [0.15, 0.2) is 5.69 Å². The van der Waals surface area contributed by atoms with Gasteiger partial charge in [0.25, 0.3) is 5.91 Å². The normalized spacial score (nSPS) is 16.9. The maximum absolute atomic E-state index is 12.4. The van der Waals surface area contributed by atoms with E-state index in [2.05, 4.69) is 10.5 Å². The van der Waals surface area contributed by atoms with E-state index in [-0.39, 0.29) is 11.6 Å². The Morgan fingerprint density at radius 1 is 1.13 bits per heavy atom. The number of para-hydroxylation sites is 1. The van der Waals surface area contributed by atoms with Crippen LogP contribution in [0.2, 0.25) is 0 Å². The molecule has 2 unspecified atom stereocenters. The Hall–Kier alpha value is -3.16. The van der Waals surface area contributed by atoms with E-state index in [0.29, 0.717) is 25.6 Å². The molecule has 1 saturated heterocycles. The van der Waals surface area contributed by atoms with Crippen LogP contribution in [0, 0.1) is 5.92 Å². The van der Waals surface area contributed by atoms with Crippen molar-refractivity contribution >= 4 is 5.91 Å². The van der Waals surface area contributed by atoms with Crippen molar-refractivity contribution in [3.8, 4) is 11.5 Å². The van der Waals surface area contributed by atoms with Crippen LogP contribution in [-0.4, -0.2) is 30.5 Å². The molecule has 0 radical (unpaired) electrons. The van der Waals surface area contributed by atoms with Crippen LogP contribution >= 0.6 is 0 Å². The van der Waals surface area contributed by atoms with Crippen LogP contribution in [-0.2, 0) is 16.1 Å². The number of nitrogens with one attached hydrogen (secondary N) is 1. The van der Waals surface area contributed by atoms with Crippen molar-refractivity contribution in [3.05, 3.63) is 78.2 Å². The molecule has 2 heterocycles. The van der Waals surface area contributed by atoms with Gasteiger partial charge in [0.05, 0.1) is 6.61 Å². The summed E-state index contributed by atoms with van der Waals surface area (Å²) in [5.74, 6) is 1.53. The molecule has 1 aliphatic heterocycles. The van der Waals surface area contributed by atoms with E-state index >= 15 is 0 Å². The van der Waals surface area contributed by atoms with Crippen LogP contribution < -0.4 is 10.1 Å². The molecule has 0 saturated carbocycles. The minimum absolute atomic E-state index is 0.226. The molecule has 7 nitrogen and oxygen atoms in total. The van der Waals surface area contributed by atoms with E-state index in [1.165, 1.54) is 12.3 Å². The number of benzene rings is 2. The Balaban J connectivity index is 1.38. The molecule has 4 rings (SSSR count). The lowest BCUT2D eigenvalue weighted by molar-refractivity contribution is 0.00248. The first-order chi connectivity index (χ1) is 14.8. The smallest absolute Gasteiger partial charge is 0.275 e. The molecule has 2 aromatic carbocycles. The van der Waals surface area contributed by atoms with E-state index in [4.69, 9.17) is 18.7 Å². The monoisotopic (exact) mass is 408 g/mol.